The molecule has 0 amide bonds. The smallest absolute Gasteiger partial charge is 0.305 e. The molecule has 1 rings (SSSR count). The Balaban J connectivity index is 1.87. The van der Waals surface area contributed by atoms with E-state index in [0.29, 0.717) is 6.42 Å². The highest BCUT2D eigenvalue weighted by Gasteiger charge is 2.35. The van der Waals surface area contributed by atoms with Crippen LogP contribution in [0.3, 0.4) is 0 Å². The highest BCUT2D eigenvalue weighted by molar-refractivity contribution is 5.68. The van der Waals surface area contributed by atoms with Gasteiger partial charge in [0.2, 0.25) is 0 Å². The van der Waals surface area contributed by atoms with Crippen molar-refractivity contribution in [3.05, 3.63) is 0 Å². The molecule has 3 unspecified atom stereocenters. The summed E-state index contributed by atoms with van der Waals surface area (Å²) >= 11 is 0. The number of unbranched alkanes of at least 4 members (excludes halogenated alkanes) is 15. The Morgan fingerprint density at radius 1 is 0.694 bits per heavy atom. The number of hydrogen-bond acceptors (Lipinski definition) is 3. The normalized spacial score (nSPS) is 18.0. The van der Waals surface area contributed by atoms with Gasteiger partial charge < -0.3 is 9.64 Å². The first-order chi connectivity index (χ1) is 17.6. The van der Waals surface area contributed by atoms with Crippen LogP contribution in [0.5, 0.6) is 0 Å². The fraction of sp³-hybridized carbons (Fsp3) is 0.970. The zero-order chi connectivity index (χ0) is 26.3. The van der Waals surface area contributed by atoms with Gasteiger partial charge in [0.1, 0.15) is 0 Å². The SMILES string of the molecule is CCCCCCCCCC(CCCCCCCCCCC1CC1CCCCCC(=O)OC)CN(C)C. The Labute approximate surface area is 226 Å². The van der Waals surface area contributed by atoms with Crippen molar-refractivity contribution < 1.29 is 9.53 Å². The van der Waals surface area contributed by atoms with E-state index in [9.17, 15) is 4.79 Å². The average molecular weight is 508 g/mol. The molecule has 1 saturated carbocycles. The van der Waals surface area contributed by atoms with Gasteiger partial charge in [-0.15, -0.1) is 0 Å². The van der Waals surface area contributed by atoms with Crippen molar-refractivity contribution in [2.75, 3.05) is 27.7 Å². The number of nitrogens with zero attached hydrogens (tertiary/aromatic N) is 1. The molecule has 0 heterocycles. The van der Waals surface area contributed by atoms with E-state index >= 15 is 0 Å². The third kappa shape index (κ3) is 20.5. The first-order valence-electron chi connectivity index (χ1n) is 16.3. The van der Waals surface area contributed by atoms with E-state index in [-0.39, 0.29) is 5.97 Å². The van der Waals surface area contributed by atoms with E-state index in [0.717, 1.165) is 24.2 Å². The second kappa shape index (κ2) is 23.5. The van der Waals surface area contributed by atoms with E-state index in [1.165, 1.54) is 155 Å². The van der Waals surface area contributed by atoms with Crippen LogP contribution >= 0.6 is 0 Å². The fourth-order valence-corrected chi connectivity index (χ4v) is 6.11. The summed E-state index contributed by atoms with van der Waals surface area (Å²) in [4.78, 5) is 13.5. The number of rotatable bonds is 27. The largest absolute Gasteiger partial charge is 0.469 e. The summed E-state index contributed by atoms with van der Waals surface area (Å²) in [6, 6.07) is 0. The van der Waals surface area contributed by atoms with Crippen molar-refractivity contribution >= 4 is 5.97 Å². The number of carbonyl (C=O) groups excluding carboxylic acids is 1. The number of ether oxygens (including phenoxy) is 1. The molecule has 214 valence electrons. The lowest BCUT2D eigenvalue weighted by molar-refractivity contribution is -0.140. The van der Waals surface area contributed by atoms with Crippen LogP contribution in [0, 0.1) is 17.8 Å². The van der Waals surface area contributed by atoms with Crippen LogP contribution in [0.15, 0.2) is 0 Å². The lowest BCUT2D eigenvalue weighted by Crippen LogP contribution is -2.21. The van der Waals surface area contributed by atoms with Gasteiger partial charge in [-0.25, -0.2) is 0 Å². The molecular formula is C33H65NO2. The van der Waals surface area contributed by atoms with E-state index < -0.39 is 0 Å². The number of methoxy groups -OCH3 is 1. The zero-order valence-electron chi connectivity index (χ0n) is 25.2. The van der Waals surface area contributed by atoms with Crippen molar-refractivity contribution in [1.29, 1.82) is 0 Å². The standard InChI is InChI=1S/C33H65NO2/c1-5-6-7-8-11-14-18-23-30(29-34(2)3)24-19-15-12-9-10-13-16-20-25-31-28-32(31)26-21-17-22-27-33(35)36-4/h30-32H,5-29H2,1-4H3. The molecule has 3 heteroatoms. The molecule has 3 nitrogen and oxygen atoms in total. The molecule has 1 aliphatic carbocycles. The van der Waals surface area contributed by atoms with Crippen LogP contribution in [-0.2, 0) is 9.53 Å². The summed E-state index contributed by atoms with van der Waals surface area (Å²) in [7, 11) is 5.98. The maximum absolute atomic E-state index is 11.1. The van der Waals surface area contributed by atoms with Crippen LogP contribution in [-0.4, -0.2) is 38.6 Å². The van der Waals surface area contributed by atoms with Gasteiger partial charge in [0.25, 0.3) is 0 Å². The summed E-state index contributed by atoms with van der Waals surface area (Å²) in [6.45, 7) is 3.59. The molecule has 36 heavy (non-hydrogen) atoms. The van der Waals surface area contributed by atoms with Crippen molar-refractivity contribution in [2.24, 2.45) is 17.8 Å². The summed E-state index contributed by atoms with van der Waals surface area (Å²) in [5.41, 5.74) is 0. The monoisotopic (exact) mass is 508 g/mol. The van der Waals surface area contributed by atoms with Gasteiger partial charge in [0, 0.05) is 13.0 Å². The molecule has 1 fully saturated rings. The predicted molar refractivity (Wildman–Crippen MR) is 158 cm³/mol. The third-order valence-electron chi connectivity index (χ3n) is 8.53. The quantitative estimate of drug-likeness (QED) is 0.0818. The van der Waals surface area contributed by atoms with Gasteiger partial charge in [-0.05, 0) is 57.5 Å². The van der Waals surface area contributed by atoms with Gasteiger partial charge in [-0.3, -0.25) is 4.79 Å². The number of carbonyl (C=O) groups is 1. The second-order valence-electron chi connectivity index (χ2n) is 12.4. The van der Waals surface area contributed by atoms with Crippen molar-refractivity contribution in [1.82, 2.24) is 4.90 Å². The van der Waals surface area contributed by atoms with Crippen LogP contribution in [0.4, 0.5) is 0 Å². The van der Waals surface area contributed by atoms with Crippen molar-refractivity contribution in [2.45, 2.75) is 161 Å². The van der Waals surface area contributed by atoms with E-state index in [1.807, 2.05) is 0 Å². The highest BCUT2D eigenvalue weighted by Crippen LogP contribution is 2.45. The van der Waals surface area contributed by atoms with Crippen LogP contribution in [0.2, 0.25) is 0 Å². The molecule has 3 atom stereocenters. The van der Waals surface area contributed by atoms with Crippen LogP contribution < -0.4 is 0 Å². The molecule has 0 aromatic rings. The van der Waals surface area contributed by atoms with Crippen LogP contribution in [0.1, 0.15) is 161 Å². The van der Waals surface area contributed by atoms with Gasteiger partial charge in [-0.1, -0.05) is 129 Å². The Hall–Kier alpha value is -0.570. The van der Waals surface area contributed by atoms with E-state index in [1.54, 1.807) is 0 Å². The first-order valence-corrected chi connectivity index (χ1v) is 16.3. The first kappa shape index (κ1) is 33.5. The molecule has 0 saturated heterocycles. The summed E-state index contributed by atoms with van der Waals surface area (Å²) in [5, 5.41) is 0. The lowest BCUT2D eigenvalue weighted by Gasteiger charge is -2.21. The minimum atomic E-state index is -0.0537. The second-order valence-corrected chi connectivity index (χ2v) is 12.4. The lowest BCUT2D eigenvalue weighted by atomic mass is 9.93. The molecule has 0 N–H and O–H groups in total. The van der Waals surface area contributed by atoms with Gasteiger partial charge >= 0.3 is 5.97 Å². The molecule has 0 aliphatic heterocycles. The van der Waals surface area contributed by atoms with Gasteiger partial charge in [-0.2, -0.15) is 0 Å². The zero-order valence-corrected chi connectivity index (χ0v) is 25.2. The number of hydrogen-bond donors (Lipinski definition) is 0. The summed E-state index contributed by atoms with van der Waals surface area (Å²) in [5.74, 6) is 2.90. The Kier molecular flexibility index (Phi) is 21.9. The predicted octanol–water partition coefficient (Wildman–Crippen LogP) is 9.97. The molecule has 0 bridgehead atoms. The molecule has 1 aliphatic rings. The highest BCUT2D eigenvalue weighted by atomic mass is 16.5. The summed E-state index contributed by atoms with van der Waals surface area (Å²) < 4.78 is 4.71. The van der Waals surface area contributed by atoms with Crippen LogP contribution in [0.25, 0.3) is 0 Å². The fourth-order valence-electron chi connectivity index (χ4n) is 6.11. The Bertz CT molecular complexity index is 492. The number of esters is 1. The van der Waals surface area contributed by atoms with E-state index in [2.05, 4.69) is 25.9 Å². The third-order valence-corrected chi connectivity index (χ3v) is 8.53. The Morgan fingerprint density at radius 2 is 1.14 bits per heavy atom. The van der Waals surface area contributed by atoms with Gasteiger partial charge in [0.05, 0.1) is 7.11 Å². The Morgan fingerprint density at radius 3 is 1.61 bits per heavy atom. The molecule has 0 spiro atoms. The van der Waals surface area contributed by atoms with Crippen molar-refractivity contribution in [3.63, 3.8) is 0 Å². The minimum Gasteiger partial charge on any atom is -0.469 e. The van der Waals surface area contributed by atoms with Gasteiger partial charge in [0.15, 0.2) is 0 Å². The van der Waals surface area contributed by atoms with E-state index in [4.69, 9.17) is 4.74 Å². The molecule has 0 aromatic heterocycles. The average Bonchev–Trinajstić information content (AvgIpc) is 3.61. The maximum atomic E-state index is 11.1. The maximum Gasteiger partial charge on any atom is 0.305 e. The topological polar surface area (TPSA) is 29.5 Å². The van der Waals surface area contributed by atoms with Crippen molar-refractivity contribution in [3.8, 4) is 0 Å². The minimum absolute atomic E-state index is 0.0537. The molecular weight excluding hydrogens is 442 g/mol. The summed E-state index contributed by atoms with van der Waals surface area (Å²) in [6.07, 6.45) is 32.9. The molecule has 0 aromatic carbocycles. The molecule has 0 radical (unpaired) electrons.